The van der Waals surface area contributed by atoms with Gasteiger partial charge in [-0.3, -0.25) is 9.89 Å². The Morgan fingerprint density at radius 1 is 1.55 bits per heavy atom. The van der Waals surface area contributed by atoms with E-state index in [1.165, 1.54) is 12.8 Å². The maximum absolute atomic E-state index is 12.5. The summed E-state index contributed by atoms with van der Waals surface area (Å²) < 4.78 is 5.79. The van der Waals surface area contributed by atoms with Crippen LogP contribution >= 0.6 is 0 Å². The molecule has 1 saturated heterocycles. The fraction of sp³-hybridized carbons (Fsp3) is 0.714. The Hall–Kier alpha value is -1.40. The normalized spacial score (nSPS) is 23.8. The van der Waals surface area contributed by atoms with E-state index >= 15 is 0 Å². The van der Waals surface area contributed by atoms with E-state index in [-0.39, 0.29) is 12.0 Å². The molecule has 2 heterocycles. The van der Waals surface area contributed by atoms with Gasteiger partial charge in [-0.25, -0.2) is 0 Å². The molecule has 2 fully saturated rings. The maximum atomic E-state index is 12.5. The van der Waals surface area contributed by atoms with E-state index in [2.05, 4.69) is 22.1 Å². The van der Waals surface area contributed by atoms with Gasteiger partial charge in [0.1, 0.15) is 0 Å². The largest absolute Gasteiger partial charge is 0.374 e. The molecule has 1 atom stereocenters. The van der Waals surface area contributed by atoms with E-state index in [4.69, 9.17) is 4.74 Å². The minimum atomic E-state index is 0.0578. The van der Waals surface area contributed by atoms with E-state index < -0.39 is 0 Å². The second kappa shape index (κ2) is 5.93. The van der Waals surface area contributed by atoms with Crippen LogP contribution < -0.4 is 0 Å². The van der Waals surface area contributed by atoms with E-state index in [0.717, 1.165) is 26.2 Å². The van der Waals surface area contributed by atoms with Gasteiger partial charge in [-0.2, -0.15) is 5.10 Å². The van der Waals surface area contributed by atoms with E-state index in [1.54, 1.807) is 12.4 Å². The lowest BCUT2D eigenvalue weighted by Crippen LogP contribution is -2.48. The van der Waals surface area contributed by atoms with E-state index in [9.17, 15) is 4.79 Å². The molecule has 2 aliphatic rings. The molecule has 6 heteroatoms. The third-order valence-electron chi connectivity index (χ3n) is 3.97. The zero-order valence-corrected chi connectivity index (χ0v) is 11.9. The van der Waals surface area contributed by atoms with Crippen molar-refractivity contribution in [3.8, 4) is 0 Å². The van der Waals surface area contributed by atoms with Gasteiger partial charge >= 0.3 is 0 Å². The third kappa shape index (κ3) is 3.37. The highest BCUT2D eigenvalue weighted by Gasteiger charge is 2.30. The number of likely N-dealkylation sites (N-methyl/N-ethyl adjacent to an activating group) is 1. The predicted molar refractivity (Wildman–Crippen MR) is 74.5 cm³/mol. The first-order valence-corrected chi connectivity index (χ1v) is 7.30. The summed E-state index contributed by atoms with van der Waals surface area (Å²) in [6.45, 7) is 4.12. The minimum Gasteiger partial charge on any atom is -0.374 e. The maximum Gasteiger partial charge on any atom is 0.257 e. The number of H-pyrrole nitrogens is 1. The molecule has 1 aliphatic heterocycles. The van der Waals surface area contributed by atoms with Crippen LogP contribution in [0.1, 0.15) is 23.2 Å². The third-order valence-corrected chi connectivity index (χ3v) is 3.97. The lowest BCUT2D eigenvalue weighted by atomic mass is 10.2. The first-order chi connectivity index (χ1) is 9.72. The molecule has 20 heavy (non-hydrogen) atoms. The Balaban J connectivity index is 1.64. The van der Waals surface area contributed by atoms with Crippen molar-refractivity contribution in [1.29, 1.82) is 0 Å². The smallest absolute Gasteiger partial charge is 0.257 e. The van der Waals surface area contributed by atoms with Gasteiger partial charge in [-0.15, -0.1) is 0 Å². The Bertz CT molecular complexity index is 444. The lowest BCUT2D eigenvalue weighted by Gasteiger charge is -2.34. The molecule has 1 amide bonds. The molecule has 6 nitrogen and oxygen atoms in total. The highest BCUT2D eigenvalue weighted by atomic mass is 16.5. The van der Waals surface area contributed by atoms with Gasteiger partial charge in [0, 0.05) is 32.4 Å². The summed E-state index contributed by atoms with van der Waals surface area (Å²) in [6, 6.07) is 0. The lowest BCUT2D eigenvalue weighted by molar-refractivity contribution is -0.0331. The highest BCUT2D eigenvalue weighted by Crippen LogP contribution is 2.30. The molecule has 0 spiro atoms. The molecule has 0 bridgehead atoms. The Kier molecular flexibility index (Phi) is 4.03. The molecule has 110 valence electrons. The number of carbonyl (C=O) groups is 1. The fourth-order valence-electron chi connectivity index (χ4n) is 2.63. The van der Waals surface area contributed by atoms with Crippen LogP contribution in [0.5, 0.6) is 0 Å². The summed E-state index contributed by atoms with van der Waals surface area (Å²) in [5, 5.41) is 6.58. The number of ether oxygens (including phenoxy) is 1. The molecular weight excluding hydrogens is 256 g/mol. The number of aromatic amines is 1. The number of hydrogen-bond donors (Lipinski definition) is 1. The Labute approximate surface area is 119 Å². The van der Waals surface area contributed by atoms with Crippen molar-refractivity contribution in [2.45, 2.75) is 18.9 Å². The average Bonchev–Trinajstić information content (AvgIpc) is 3.08. The summed E-state index contributed by atoms with van der Waals surface area (Å²) in [5.41, 5.74) is 0.634. The number of carbonyl (C=O) groups excluding carboxylic acids is 1. The monoisotopic (exact) mass is 278 g/mol. The summed E-state index contributed by atoms with van der Waals surface area (Å²) in [5.74, 6) is 0.731. The molecule has 3 rings (SSSR count). The molecule has 1 aliphatic carbocycles. The van der Waals surface area contributed by atoms with Gasteiger partial charge in [-0.1, -0.05) is 0 Å². The van der Waals surface area contributed by atoms with Crippen molar-refractivity contribution in [2.75, 3.05) is 39.8 Å². The molecule has 0 radical (unpaired) electrons. The van der Waals surface area contributed by atoms with Gasteiger partial charge in [0.25, 0.3) is 5.91 Å². The molecular formula is C14H22N4O2. The summed E-state index contributed by atoms with van der Waals surface area (Å²) in [6.07, 6.45) is 5.84. The predicted octanol–water partition coefficient (Wildman–Crippen LogP) is 0.593. The van der Waals surface area contributed by atoms with Crippen LogP contribution in [0.3, 0.4) is 0 Å². The van der Waals surface area contributed by atoms with Crippen LogP contribution in [0, 0.1) is 5.92 Å². The number of nitrogens with zero attached hydrogens (tertiary/aromatic N) is 3. The van der Waals surface area contributed by atoms with Gasteiger partial charge < -0.3 is 14.5 Å². The summed E-state index contributed by atoms with van der Waals surface area (Å²) in [4.78, 5) is 16.7. The summed E-state index contributed by atoms with van der Waals surface area (Å²) in [7, 11) is 2.10. The minimum absolute atomic E-state index is 0.0578. The number of nitrogens with one attached hydrogen (secondary N) is 1. The second-order valence-electron chi connectivity index (χ2n) is 5.90. The van der Waals surface area contributed by atoms with Gasteiger partial charge in [-0.05, 0) is 25.8 Å². The standard InChI is InChI=1S/C14H22N4O2/c1-17-4-5-20-13(9-17)10-18(8-11-2-3-11)14(19)12-6-15-16-7-12/h6-7,11,13H,2-5,8-10H2,1H3,(H,15,16)/t13-/m1/s1. The highest BCUT2D eigenvalue weighted by molar-refractivity contribution is 5.93. The SMILES string of the molecule is CN1CCO[C@@H](CN(CC2CC2)C(=O)c2cn[nH]c2)C1. The van der Waals surface area contributed by atoms with Crippen molar-refractivity contribution in [3.63, 3.8) is 0 Å². The van der Waals surface area contributed by atoms with Crippen LogP contribution in [0.4, 0.5) is 0 Å². The average molecular weight is 278 g/mol. The summed E-state index contributed by atoms with van der Waals surface area (Å²) >= 11 is 0. The van der Waals surface area contributed by atoms with Crippen molar-refractivity contribution >= 4 is 5.91 Å². The van der Waals surface area contributed by atoms with Crippen molar-refractivity contribution < 1.29 is 9.53 Å². The quantitative estimate of drug-likeness (QED) is 0.856. The number of morpholine rings is 1. The molecule has 0 aromatic carbocycles. The Morgan fingerprint density at radius 3 is 3.05 bits per heavy atom. The molecule has 1 aromatic rings. The van der Waals surface area contributed by atoms with Crippen molar-refractivity contribution in [2.24, 2.45) is 5.92 Å². The molecule has 1 N–H and O–H groups in total. The Morgan fingerprint density at radius 2 is 2.40 bits per heavy atom. The van der Waals surface area contributed by atoms with Crippen LogP contribution in [0.15, 0.2) is 12.4 Å². The number of aromatic nitrogens is 2. The van der Waals surface area contributed by atoms with Crippen LogP contribution in [0.2, 0.25) is 0 Å². The molecule has 1 aromatic heterocycles. The van der Waals surface area contributed by atoms with Crippen LogP contribution in [-0.4, -0.2) is 71.8 Å². The van der Waals surface area contributed by atoms with Gasteiger partial charge in [0.15, 0.2) is 0 Å². The van der Waals surface area contributed by atoms with Gasteiger partial charge in [0.05, 0.1) is 24.5 Å². The molecule has 0 unspecified atom stereocenters. The van der Waals surface area contributed by atoms with Crippen LogP contribution in [0.25, 0.3) is 0 Å². The first kappa shape index (κ1) is 13.6. The van der Waals surface area contributed by atoms with Crippen LogP contribution in [-0.2, 0) is 4.74 Å². The number of rotatable bonds is 5. The van der Waals surface area contributed by atoms with Crippen molar-refractivity contribution in [1.82, 2.24) is 20.0 Å². The molecule has 1 saturated carbocycles. The zero-order valence-electron chi connectivity index (χ0n) is 11.9. The number of amides is 1. The zero-order chi connectivity index (χ0) is 13.9. The van der Waals surface area contributed by atoms with Gasteiger partial charge in [0.2, 0.25) is 0 Å². The first-order valence-electron chi connectivity index (χ1n) is 7.30. The fourth-order valence-corrected chi connectivity index (χ4v) is 2.63. The van der Waals surface area contributed by atoms with Crippen molar-refractivity contribution in [3.05, 3.63) is 18.0 Å². The van der Waals surface area contributed by atoms with E-state index in [0.29, 0.717) is 18.0 Å². The second-order valence-corrected chi connectivity index (χ2v) is 5.90. The van der Waals surface area contributed by atoms with E-state index in [1.807, 2.05) is 4.90 Å². The number of hydrogen-bond acceptors (Lipinski definition) is 4. The topological polar surface area (TPSA) is 61.5 Å².